The first-order valence-electron chi connectivity index (χ1n) is 6.11. The minimum absolute atomic E-state index is 0.125. The molecule has 6 nitrogen and oxygen atoms in total. The maximum Gasteiger partial charge on any atom is 0.280 e. The molecule has 0 saturated heterocycles. The van der Waals surface area contributed by atoms with Gasteiger partial charge in [0.25, 0.3) is 5.56 Å². The van der Waals surface area contributed by atoms with Crippen LogP contribution >= 0.6 is 22.6 Å². The van der Waals surface area contributed by atoms with Crippen molar-refractivity contribution in [3.8, 4) is 0 Å². The van der Waals surface area contributed by atoms with Crippen molar-refractivity contribution in [1.82, 2.24) is 19.5 Å². The molecule has 0 aliphatic carbocycles. The Morgan fingerprint density at radius 3 is 2.84 bits per heavy atom. The number of alkyl halides is 1. The van der Waals surface area contributed by atoms with Gasteiger partial charge in [0, 0.05) is 10.5 Å². The summed E-state index contributed by atoms with van der Waals surface area (Å²) in [5.41, 5.74) is 6.45. The number of nitrogen functional groups attached to an aromatic ring is 1. The molecule has 104 valence electrons. The highest BCUT2D eigenvalue weighted by atomic mass is 127. The number of rotatable bonds is 3. The molecule has 0 amide bonds. The second-order valence-corrected chi connectivity index (χ2v) is 7.64. The van der Waals surface area contributed by atoms with E-state index in [0.29, 0.717) is 15.1 Å². The number of imidazole rings is 1. The second kappa shape index (κ2) is 5.10. The number of hydrogen-bond donors (Lipinski definition) is 2. The lowest BCUT2D eigenvalue weighted by atomic mass is 9.90. The zero-order valence-corrected chi connectivity index (χ0v) is 13.4. The third-order valence-corrected chi connectivity index (χ3v) is 3.56. The second-order valence-electron chi connectivity index (χ2n) is 5.88. The summed E-state index contributed by atoms with van der Waals surface area (Å²) in [6, 6.07) is 0. The Kier molecular flexibility index (Phi) is 3.84. The van der Waals surface area contributed by atoms with Gasteiger partial charge >= 0.3 is 0 Å². The van der Waals surface area contributed by atoms with Gasteiger partial charge in [-0.3, -0.25) is 9.78 Å². The van der Waals surface area contributed by atoms with Crippen molar-refractivity contribution < 1.29 is 0 Å². The lowest BCUT2D eigenvalue weighted by Gasteiger charge is -2.22. The lowest BCUT2D eigenvalue weighted by molar-refractivity contribution is 0.367. The molecule has 2 heterocycles. The summed E-state index contributed by atoms with van der Waals surface area (Å²) in [6.45, 7) is 7.41. The predicted octanol–water partition coefficient (Wildman–Crippen LogP) is 1.94. The molecule has 0 radical (unpaired) electrons. The highest BCUT2D eigenvalue weighted by Gasteiger charge is 2.18. The number of nitrogens with two attached hydrogens (primary N) is 1. The van der Waals surface area contributed by atoms with E-state index in [1.807, 2.05) is 4.57 Å². The predicted molar refractivity (Wildman–Crippen MR) is 84.4 cm³/mol. The van der Waals surface area contributed by atoms with Crippen LogP contribution in [0.5, 0.6) is 0 Å². The van der Waals surface area contributed by atoms with Gasteiger partial charge in [-0.15, -0.1) is 0 Å². The maximum absolute atomic E-state index is 11.7. The molecule has 0 unspecified atom stereocenters. The van der Waals surface area contributed by atoms with Crippen molar-refractivity contribution in [3.63, 3.8) is 0 Å². The molecule has 2 aromatic rings. The molecule has 19 heavy (non-hydrogen) atoms. The molecule has 0 bridgehead atoms. The molecule has 0 saturated carbocycles. The Hall–Kier alpha value is -1.12. The van der Waals surface area contributed by atoms with E-state index >= 15 is 0 Å². The summed E-state index contributed by atoms with van der Waals surface area (Å²) in [5, 5.41) is 0. The van der Waals surface area contributed by atoms with Gasteiger partial charge in [0.1, 0.15) is 0 Å². The van der Waals surface area contributed by atoms with Gasteiger partial charge in [-0.2, -0.15) is 4.98 Å². The molecule has 0 aliphatic rings. The Morgan fingerprint density at radius 1 is 1.53 bits per heavy atom. The molecule has 2 rings (SSSR count). The number of aromatic nitrogens is 4. The smallest absolute Gasteiger partial charge is 0.280 e. The number of halogens is 1. The van der Waals surface area contributed by atoms with Gasteiger partial charge < -0.3 is 10.3 Å². The van der Waals surface area contributed by atoms with E-state index in [9.17, 15) is 4.79 Å². The standard InChI is InChI=1S/C12H18IN5O/c1-12(2,3)4-7(13)5-18-6-15-8-9(18)16-11(14)17-10(8)19/h6-7H,4-5H2,1-3H3,(H3,14,16,17,19)/t7-/m0/s1. The van der Waals surface area contributed by atoms with Gasteiger partial charge in [-0.25, -0.2) is 4.98 Å². The molecule has 0 aliphatic heterocycles. The monoisotopic (exact) mass is 375 g/mol. The third kappa shape index (κ3) is 3.46. The first kappa shape index (κ1) is 14.3. The molecule has 7 heteroatoms. The van der Waals surface area contributed by atoms with Crippen molar-refractivity contribution in [2.24, 2.45) is 5.41 Å². The van der Waals surface area contributed by atoms with E-state index in [0.717, 1.165) is 13.0 Å². The molecular formula is C12H18IN5O. The van der Waals surface area contributed by atoms with Crippen LogP contribution in [0.3, 0.4) is 0 Å². The van der Waals surface area contributed by atoms with Crippen molar-refractivity contribution in [2.75, 3.05) is 5.73 Å². The number of nitrogens with zero attached hydrogens (tertiary/aromatic N) is 3. The van der Waals surface area contributed by atoms with Crippen LogP contribution in [-0.2, 0) is 6.54 Å². The molecule has 0 aromatic carbocycles. The van der Waals surface area contributed by atoms with Crippen LogP contribution in [0.1, 0.15) is 27.2 Å². The van der Waals surface area contributed by atoms with Crippen molar-refractivity contribution in [3.05, 3.63) is 16.7 Å². The average Bonchev–Trinajstić information content (AvgIpc) is 2.58. The highest BCUT2D eigenvalue weighted by molar-refractivity contribution is 14.1. The fourth-order valence-electron chi connectivity index (χ4n) is 2.05. The fourth-order valence-corrected chi connectivity index (χ4v) is 3.79. The summed E-state index contributed by atoms with van der Waals surface area (Å²) < 4.78 is 2.33. The largest absolute Gasteiger partial charge is 0.369 e. The van der Waals surface area contributed by atoms with E-state index in [4.69, 9.17) is 5.73 Å². The molecular weight excluding hydrogens is 357 g/mol. The van der Waals surface area contributed by atoms with Crippen LogP contribution in [-0.4, -0.2) is 23.4 Å². The van der Waals surface area contributed by atoms with Crippen molar-refractivity contribution in [2.45, 2.75) is 37.7 Å². The summed E-state index contributed by atoms with van der Waals surface area (Å²) in [7, 11) is 0. The van der Waals surface area contributed by atoms with Gasteiger partial charge in [0.05, 0.1) is 6.33 Å². The van der Waals surface area contributed by atoms with Crippen LogP contribution in [0.4, 0.5) is 5.95 Å². The number of fused-ring (bicyclic) bond motifs is 1. The van der Waals surface area contributed by atoms with Crippen LogP contribution in [0, 0.1) is 5.41 Å². The van der Waals surface area contributed by atoms with Crippen molar-refractivity contribution >= 4 is 39.7 Å². The summed E-state index contributed by atoms with van der Waals surface area (Å²) in [5.74, 6) is 0.125. The Morgan fingerprint density at radius 2 is 2.21 bits per heavy atom. The molecule has 2 aromatic heterocycles. The molecule has 0 fully saturated rings. The minimum Gasteiger partial charge on any atom is -0.369 e. The van der Waals surface area contributed by atoms with E-state index in [2.05, 4.69) is 58.3 Å². The van der Waals surface area contributed by atoms with Crippen LogP contribution < -0.4 is 11.3 Å². The fraction of sp³-hybridized carbons (Fsp3) is 0.583. The summed E-state index contributed by atoms with van der Waals surface area (Å²) >= 11 is 2.42. The Labute approximate surface area is 125 Å². The van der Waals surface area contributed by atoms with E-state index in [1.54, 1.807) is 6.33 Å². The van der Waals surface area contributed by atoms with Crippen LogP contribution in [0.15, 0.2) is 11.1 Å². The van der Waals surface area contributed by atoms with E-state index < -0.39 is 0 Å². The maximum atomic E-state index is 11.7. The van der Waals surface area contributed by atoms with Crippen molar-refractivity contribution in [1.29, 1.82) is 0 Å². The topological polar surface area (TPSA) is 89.6 Å². The number of hydrogen-bond acceptors (Lipinski definition) is 4. The first-order chi connectivity index (χ1) is 8.76. The quantitative estimate of drug-likeness (QED) is 0.634. The van der Waals surface area contributed by atoms with Gasteiger partial charge in [-0.05, 0) is 11.8 Å². The number of anilines is 1. The molecule has 3 N–H and O–H groups in total. The number of H-pyrrole nitrogens is 1. The first-order valence-corrected chi connectivity index (χ1v) is 7.35. The van der Waals surface area contributed by atoms with E-state index in [-0.39, 0.29) is 16.9 Å². The minimum atomic E-state index is -0.290. The van der Waals surface area contributed by atoms with Gasteiger partial charge in [-0.1, -0.05) is 43.4 Å². The zero-order chi connectivity index (χ0) is 14.2. The van der Waals surface area contributed by atoms with Gasteiger partial charge in [0.2, 0.25) is 5.95 Å². The SMILES string of the molecule is CC(C)(C)C[C@H](I)Cn1cnc2c(=O)[nH]c(N)nc21. The Balaban J connectivity index is 2.29. The highest BCUT2D eigenvalue weighted by Crippen LogP contribution is 2.26. The van der Waals surface area contributed by atoms with Crippen LogP contribution in [0.25, 0.3) is 11.2 Å². The lowest BCUT2D eigenvalue weighted by Crippen LogP contribution is -2.18. The Bertz CT molecular complexity index is 640. The molecule has 0 spiro atoms. The van der Waals surface area contributed by atoms with Crippen LogP contribution in [0.2, 0.25) is 0 Å². The van der Waals surface area contributed by atoms with E-state index in [1.165, 1.54) is 0 Å². The zero-order valence-electron chi connectivity index (χ0n) is 11.3. The number of nitrogens with one attached hydrogen (secondary N) is 1. The normalized spacial score (nSPS) is 13.9. The number of aromatic amines is 1. The van der Waals surface area contributed by atoms with Gasteiger partial charge in [0.15, 0.2) is 11.2 Å². The summed E-state index contributed by atoms with van der Waals surface area (Å²) in [4.78, 5) is 22.4. The average molecular weight is 375 g/mol. The summed E-state index contributed by atoms with van der Waals surface area (Å²) in [6.07, 6.45) is 2.73. The molecule has 1 atom stereocenters. The third-order valence-electron chi connectivity index (χ3n) is 2.72.